The summed E-state index contributed by atoms with van der Waals surface area (Å²) in [5.74, 6) is -0.410. The van der Waals surface area contributed by atoms with Crippen molar-refractivity contribution in [3.63, 3.8) is 0 Å². The first-order valence-corrected chi connectivity index (χ1v) is 9.70. The van der Waals surface area contributed by atoms with Gasteiger partial charge < -0.3 is 10.8 Å². The summed E-state index contributed by atoms with van der Waals surface area (Å²) in [5.41, 5.74) is 2.56. The van der Waals surface area contributed by atoms with Crippen LogP contribution in [-0.2, 0) is 14.8 Å². The normalized spacial score (nSPS) is 11.0. The van der Waals surface area contributed by atoms with Gasteiger partial charge in [-0.25, -0.2) is 13.1 Å². The van der Waals surface area contributed by atoms with Crippen LogP contribution in [-0.4, -0.2) is 26.3 Å². The molecule has 7 heteroatoms. The number of amides is 1. The van der Waals surface area contributed by atoms with Crippen molar-refractivity contribution in [1.82, 2.24) is 4.72 Å². The number of fused-ring (bicyclic) bond motifs is 1. The fraction of sp³-hybridized carbons (Fsp3) is 0.150. The summed E-state index contributed by atoms with van der Waals surface area (Å²) in [6.07, 6.45) is 0. The van der Waals surface area contributed by atoms with Crippen LogP contribution in [0, 0.1) is 13.8 Å². The predicted octanol–water partition coefficient (Wildman–Crippen LogP) is 2.55. The van der Waals surface area contributed by atoms with E-state index in [2.05, 4.69) is 10.0 Å². The molecule has 0 aromatic heterocycles. The highest BCUT2D eigenvalue weighted by atomic mass is 32.2. The average molecular weight is 386 g/mol. The monoisotopic (exact) mass is 386 g/mol. The zero-order chi connectivity index (χ0) is 18.7. The van der Waals surface area contributed by atoms with E-state index < -0.39 is 15.9 Å². The van der Waals surface area contributed by atoms with Crippen LogP contribution in [0.15, 0.2) is 65.6 Å². The third-order valence-electron chi connectivity index (χ3n) is 4.20. The summed E-state index contributed by atoms with van der Waals surface area (Å²) in [6.45, 7) is 3.45. The van der Waals surface area contributed by atoms with E-state index in [-0.39, 0.29) is 16.9 Å². The van der Waals surface area contributed by atoms with Gasteiger partial charge in [0.2, 0.25) is 15.9 Å². The molecule has 0 heterocycles. The smallest absolute Gasteiger partial charge is 0.241 e. The van der Waals surface area contributed by atoms with Crippen LogP contribution in [0.2, 0.25) is 0 Å². The molecule has 0 radical (unpaired) electrons. The first kappa shape index (κ1) is 20.6. The van der Waals surface area contributed by atoms with Gasteiger partial charge in [-0.3, -0.25) is 4.79 Å². The molecule has 0 bridgehead atoms. The second kappa shape index (κ2) is 8.30. The van der Waals surface area contributed by atoms with Gasteiger partial charge in [-0.1, -0.05) is 48.5 Å². The van der Waals surface area contributed by atoms with Gasteiger partial charge >= 0.3 is 0 Å². The van der Waals surface area contributed by atoms with Crippen molar-refractivity contribution in [3.8, 4) is 0 Å². The fourth-order valence-corrected chi connectivity index (χ4v) is 3.79. The van der Waals surface area contributed by atoms with E-state index in [4.69, 9.17) is 0 Å². The van der Waals surface area contributed by atoms with Gasteiger partial charge in [0.25, 0.3) is 0 Å². The Morgan fingerprint density at radius 3 is 2.19 bits per heavy atom. The van der Waals surface area contributed by atoms with E-state index in [1.165, 1.54) is 6.07 Å². The zero-order valence-electron chi connectivity index (χ0n) is 15.1. The third-order valence-corrected chi connectivity index (χ3v) is 5.60. The molecule has 0 aliphatic heterocycles. The van der Waals surface area contributed by atoms with Crippen molar-refractivity contribution >= 4 is 32.4 Å². The maximum absolute atomic E-state index is 12.5. The van der Waals surface area contributed by atoms with Crippen molar-refractivity contribution in [2.75, 3.05) is 11.9 Å². The fourth-order valence-electron chi connectivity index (χ4n) is 2.77. The lowest BCUT2D eigenvalue weighted by atomic mass is 10.1. The minimum absolute atomic E-state index is 0. The van der Waals surface area contributed by atoms with E-state index in [9.17, 15) is 13.2 Å². The van der Waals surface area contributed by atoms with Gasteiger partial charge in [0.15, 0.2) is 0 Å². The molecule has 0 atom stereocenters. The van der Waals surface area contributed by atoms with E-state index in [0.717, 1.165) is 21.9 Å². The lowest BCUT2D eigenvalue weighted by Crippen LogP contribution is -2.33. The van der Waals surface area contributed by atoms with Gasteiger partial charge in [0.1, 0.15) is 0 Å². The number of hydrogen-bond donors (Lipinski definition) is 2. The molecule has 3 aromatic rings. The molecular weight excluding hydrogens is 364 g/mol. The molecule has 0 fully saturated rings. The maximum atomic E-state index is 12.5. The second-order valence-corrected chi connectivity index (χ2v) is 7.92. The Hall–Kier alpha value is -2.74. The molecule has 3 aromatic carbocycles. The molecule has 0 spiro atoms. The SMILES string of the molecule is Cc1cccc(C)c1NC(=O)CNS(=O)(=O)c1ccc2ccccc2c1.O. The number of rotatable bonds is 5. The first-order chi connectivity index (χ1) is 12.4. The molecule has 0 unspecified atom stereocenters. The topological polar surface area (TPSA) is 107 Å². The van der Waals surface area contributed by atoms with Crippen molar-refractivity contribution in [1.29, 1.82) is 0 Å². The summed E-state index contributed by atoms with van der Waals surface area (Å²) in [7, 11) is -3.77. The van der Waals surface area contributed by atoms with Crippen LogP contribution in [0.3, 0.4) is 0 Å². The number of aryl methyl sites for hydroxylation is 2. The number of benzene rings is 3. The maximum Gasteiger partial charge on any atom is 0.241 e. The van der Waals surface area contributed by atoms with E-state index in [1.807, 2.05) is 56.3 Å². The molecule has 4 N–H and O–H groups in total. The van der Waals surface area contributed by atoms with Crippen molar-refractivity contribution in [3.05, 3.63) is 71.8 Å². The van der Waals surface area contributed by atoms with Crippen LogP contribution in [0.1, 0.15) is 11.1 Å². The largest absolute Gasteiger partial charge is 0.412 e. The second-order valence-electron chi connectivity index (χ2n) is 6.15. The predicted molar refractivity (Wildman–Crippen MR) is 107 cm³/mol. The van der Waals surface area contributed by atoms with Gasteiger partial charge in [-0.15, -0.1) is 0 Å². The molecule has 142 valence electrons. The number of anilines is 1. The van der Waals surface area contributed by atoms with Crippen molar-refractivity contribution in [2.45, 2.75) is 18.7 Å². The van der Waals surface area contributed by atoms with Crippen LogP contribution in [0.4, 0.5) is 5.69 Å². The van der Waals surface area contributed by atoms with Crippen LogP contribution in [0.25, 0.3) is 10.8 Å². The summed E-state index contributed by atoms with van der Waals surface area (Å²) in [4.78, 5) is 12.3. The molecule has 6 nitrogen and oxygen atoms in total. The lowest BCUT2D eigenvalue weighted by molar-refractivity contribution is -0.115. The molecule has 0 aliphatic rings. The number of hydrogen-bond acceptors (Lipinski definition) is 3. The molecule has 27 heavy (non-hydrogen) atoms. The van der Waals surface area contributed by atoms with E-state index in [1.54, 1.807) is 12.1 Å². The molecule has 0 saturated carbocycles. The van der Waals surface area contributed by atoms with Crippen molar-refractivity contribution < 1.29 is 18.7 Å². The van der Waals surface area contributed by atoms with Gasteiger partial charge in [0.05, 0.1) is 11.4 Å². The third kappa shape index (κ3) is 4.71. The Kier molecular flexibility index (Phi) is 6.32. The van der Waals surface area contributed by atoms with Crippen LogP contribution < -0.4 is 10.0 Å². The van der Waals surface area contributed by atoms with E-state index in [0.29, 0.717) is 5.69 Å². The summed E-state index contributed by atoms with van der Waals surface area (Å²) in [6, 6.07) is 18.1. The number of sulfonamides is 1. The minimum atomic E-state index is -3.77. The number of carbonyl (C=O) groups is 1. The Morgan fingerprint density at radius 1 is 0.889 bits per heavy atom. The summed E-state index contributed by atoms with van der Waals surface area (Å²) in [5, 5.41) is 4.55. The quantitative estimate of drug-likeness (QED) is 0.703. The molecule has 0 aliphatic carbocycles. The zero-order valence-corrected chi connectivity index (χ0v) is 15.9. The minimum Gasteiger partial charge on any atom is -0.412 e. The van der Waals surface area contributed by atoms with E-state index >= 15 is 0 Å². The molecular formula is C20H22N2O4S. The Labute approximate surface area is 158 Å². The Morgan fingerprint density at radius 2 is 1.52 bits per heavy atom. The van der Waals surface area contributed by atoms with Gasteiger partial charge in [0, 0.05) is 5.69 Å². The highest BCUT2D eigenvalue weighted by Gasteiger charge is 2.16. The summed E-state index contributed by atoms with van der Waals surface area (Å²) < 4.78 is 27.3. The van der Waals surface area contributed by atoms with Crippen molar-refractivity contribution in [2.24, 2.45) is 0 Å². The first-order valence-electron chi connectivity index (χ1n) is 8.21. The number of carbonyl (C=O) groups excluding carboxylic acids is 1. The number of nitrogens with one attached hydrogen (secondary N) is 2. The van der Waals surface area contributed by atoms with Crippen LogP contribution >= 0.6 is 0 Å². The summed E-state index contributed by atoms with van der Waals surface area (Å²) >= 11 is 0. The molecule has 3 rings (SSSR count). The standard InChI is InChI=1S/C20H20N2O3S.H2O/c1-14-6-5-7-15(2)20(14)22-19(23)13-21-26(24,25)18-11-10-16-8-3-4-9-17(16)12-18;/h3-12,21H,13H2,1-2H3,(H,22,23);1H2. The highest BCUT2D eigenvalue weighted by Crippen LogP contribution is 2.20. The van der Waals surface area contributed by atoms with Crippen LogP contribution in [0.5, 0.6) is 0 Å². The Bertz CT molecular complexity index is 1060. The highest BCUT2D eigenvalue weighted by molar-refractivity contribution is 7.89. The van der Waals surface area contributed by atoms with Gasteiger partial charge in [-0.05, 0) is 47.9 Å². The Balaban J connectivity index is 0.00000261. The molecule has 1 amide bonds. The number of para-hydroxylation sites is 1. The molecule has 0 saturated heterocycles. The lowest BCUT2D eigenvalue weighted by Gasteiger charge is -2.12. The van der Waals surface area contributed by atoms with Gasteiger partial charge in [-0.2, -0.15) is 0 Å². The average Bonchev–Trinajstić information content (AvgIpc) is 2.63.